The van der Waals surface area contributed by atoms with Gasteiger partial charge in [-0.3, -0.25) is 0 Å². The molecule has 0 unspecified atom stereocenters. The highest BCUT2D eigenvalue weighted by Gasteiger charge is 2.21. The van der Waals surface area contributed by atoms with E-state index >= 15 is 0 Å². The molecule has 0 aliphatic heterocycles. The summed E-state index contributed by atoms with van der Waals surface area (Å²) in [5.41, 5.74) is 11.5. The van der Waals surface area contributed by atoms with E-state index in [0.29, 0.717) is 0 Å². The third-order valence-corrected chi connectivity index (χ3v) is 13.6. The van der Waals surface area contributed by atoms with Crippen LogP contribution < -0.4 is 0 Å². The normalized spacial score (nSPS) is 12.3. The van der Waals surface area contributed by atoms with Crippen molar-refractivity contribution in [3.05, 3.63) is 206 Å². The molecule has 1 heteroatoms. The van der Waals surface area contributed by atoms with Gasteiger partial charge in [-0.15, -0.1) is 0 Å². The predicted molar refractivity (Wildman–Crippen MR) is 260 cm³/mol. The SMILES string of the molecule is c1ccc2c(-c3ccc4ccc5cccc6ccc3c4c56)c(-c3ccc(-c4ccc5ccc6cccc7ccc4c5c67)c(-c4ccc5oc6ccccc6c5c4)c3)ccc2c1. The lowest BCUT2D eigenvalue weighted by Gasteiger charge is -2.20. The van der Waals surface area contributed by atoms with E-state index in [1.54, 1.807) is 0 Å². The number of fused-ring (bicyclic) bond motifs is 4. The monoisotopic (exact) mass is 770 g/mol. The van der Waals surface area contributed by atoms with Gasteiger partial charge in [0.2, 0.25) is 0 Å². The molecule has 0 amide bonds. The van der Waals surface area contributed by atoms with E-state index in [-0.39, 0.29) is 0 Å². The standard InChI is InChI=1S/C60H34O/c1-2-12-44-35(7-1)19-26-45(60(44)51-31-23-41-18-16-37-9-6-11-39-22-30-50(51)59(41)57(37)39)42-24-28-47(52(33-42)43-25-32-55-53(34-43)48-13-3-4-14-54(48)61-55)46-27-20-40-17-15-36-8-5-10-38-21-29-49(46)58(40)56(36)38/h1-34H. The first-order valence-corrected chi connectivity index (χ1v) is 21.2. The number of benzene rings is 13. The summed E-state index contributed by atoms with van der Waals surface area (Å²) in [7, 11) is 0. The van der Waals surface area contributed by atoms with E-state index in [0.717, 1.165) is 27.5 Å². The van der Waals surface area contributed by atoms with Gasteiger partial charge in [0.05, 0.1) is 0 Å². The Morgan fingerprint density at radius 1 is 0.230 bits per heavy atom. The van der Waals surface area contributed by atoms with Crippen LogP contribution in [-0.4, -0.2) is 0 Å². The predicted octanol–water partition coefficient (Wildman–Crippen LogP) is 17.2. The molecule has 1 nitrogen and oxygen atoms in total. The molecule has 0 spiro atoms. The van der Waals surface area contributed by atoms with Crippen LogP contribution in [-0.2, 0) is 0 Å². The summed E-state index contributed by atoms with van der Waals surface area (Å²) in [6, 6.07) is 76.7. The molecule has 0 saturated carbocycles. The summed E-state index contributed by atoms with van der Waals surface area (Å²) >= 11 is 0. The van der Waals surface area contributed by atoms with Gasteiger partial charge in [0, 0.05) is 10.8 Å². The third-order valence-electron chi connectivity index (χ3n) is 13.6. The lowest BCUT2D eigenvalue weighted by molar-refractivity contribution is 0.669. The molecule has 0 fully saturated rings. The summed E-state index contributed by atoms with van der Waals surface area (Å²) in [6.45, 7) is 0. The van der Waals surface area contributed by atoms with E-state index in [2.05, 4.69) is 200 Å². The summed E-state index contributed by atoms with van der Waals surface area (Å²) in [5, 5.41) is 20.2. The Hall–Kier alpha value is -8.00. The zero-order chi connectivity index (χ0) is 39.8. The number of para-hydroxylation sites is 1. The topological polar surface area (TPSA) is 13.1 Å². The summed E-state index contributed by atoms with van der Waals surface area (Å²) in [6.07, 6.45) is 0. The van der Waals surface area contributed by atoms with Crippen molar-refractivity contribution in [3.63, 3.8) is 0 Å². The molecule has 13 aromatic carbocycles. The molecule has 1 aromatic heterocycles. The van der Waals surface area contributed by atoms with Gasteiger partial charge in [0.15, 0.2) is 0 Å². The van der Waals surface area contributed by atoms with Crippen LogP contribution in [0.1, 0.15) is 0 Å². The van der Waals surface area contributed by atoms with Crippen LogP contribution in [0.3, 0.4) is 0 Å². The van der Waals surface area contributed by atoms with Gasteiger partial charge in [-0.05, 0) is 144 Å². The van der Waals surface area contributed by atoms with Crippen molar-refractivity contribution in [2.45, 2.75) is 0 Å². The number of furan rings is 1. The molecule has 1 heterocycles. The average Bonchev–Trinajstić information content (AvgIpc) is 3.70. The van der Waals surface area contributed by atoms with Gasteiger partial charge < -0.3 is 4.42 Å². The Morgan fingerprint density at radius 3 is 1.43 bits per heavy atom. The zero-order valence-corrected chi connectivity index (χ0v) is 33.0. The Bertz CT molecular complexity index is 4080. The van der Waals surface area contributed by atoms with Crippen molar-refractivity contribution < 1.29 is 4.42 Å². The molecule has 280 valence electrons. The Morgan fingerprint density at radius 2 is 0.705 bits per heavy atom. The highest BCUT2D eigenvalue weighted by atomic mass is 16.3. The van der Waals surface area contributed by atoms with Crippen molar-refractivity contribution in [1.29, 1.82) is 0 Å². The van der Waals surface area contributed by atoms with Crippen LogP contribution in [0.15, 0.2) is 211 Å². The number of hydrogen-bond donors (Lipinski definition) is 0. The first-order valence-electron chi connectivity index (χ1n) is 21.2. The number of hydrogen-bond acceptors (Lipinski definition) is 1. The van der Waals surface area contributed by atoms with E-state index < -0.39 is 0 Å². The zero-order valence-electron chi connectivity index (χ0n) is 33.0. The maximum Gasteiger partial charge on any atom is 0.135 e. The molecule has 0 N–H and O–H groups in total. The highest BCUT2D eigenvalue weighted by Crippen LogP contribution is 2.48. The summed E-state index contributed by atoms with van der Waals surface area (Å²) < 4.78 is 6.36. The average molecular weight is 771 g/mol. The van der Waals surface area contributed by atoms with Gasteiger partial charge in [0.1, 0.15) is 11.2 Å². The largest absolute Gasteiger partial charge is 0.456 e. The van der Waals surface area contributed by atoms with Crippen LogP contribution in [0.4, 0.5) is 0 Å². The van der Waals surface area contributed by atoms with Crippen LogP contribution in [0.25, 0.3) is 142 Å². The molecule has 0 atom stereocenters. The minimum atomic E-state index is 0.899. The molecule has 14 aromatic rings. The van der Waals surface area contributed by atoms with Gasteiger partial charge in [-0.1, -0.05) is 182 Å². The van der Waals surface area contributed by atoms with Crippen molar-refractivity contribution in [2.75, 3.05) is 0 Å². The Balaban J connectivity index is 1.07. The van der Waals surface area contributed by atoms with E-state index in [1.165, 1.54) is 114 Å². The molecule has 0 aliphatic carbocycles. The fourth-order valence-electron chi connectivity index (χ4n) is 10.8. The molecule has 0 bridgehead atoms. The van der Waals surface area contributed by atoms with Gasteiger partial charge >= 0.3 is 0 Å². The lowest BCUT2D eigenvalue weighted by Crippen LogP contribution is -1.94. The molecule has 61 heavy (non-hydrogen) atoms. The second-order valence-electron chi connectivity index (χ2n) is 16.7. The molecule has 0 saturated heterocycles. The summed E-state index contributed by atoms with van der Waals surface area (Å²) in [5.74, 6) is 0. The minimum absolute atomic E-state index is 0.899. The van der Waals surface area contributed by atoms with Crippen molar-refractivity contribution >= 4 is 97.3 Å². The van der Waals surface area contributed by atoms with E-state index in [4.69, 9.17) is 4.42 Å². The van der Waals surface area contributed by atoms with Crippen LogP contribution in [0.2, 0.25) is 0 Å². The van der Waals surface area contributed by atoms with Crippen molar-refractivity contribution in [3.8, 4) is 44.5 Å². The van der Waals surface area contributed by atoms with Gasteiger partial charge in [0.25, 0.3) is 0 Å². The fraction of sp³-hybridized carbons (Fsp3) is 0. The smallest absolute Gasteiger partial charge is 0.135 e. The van der Waals surface area contributed by atoms with Gasteiger partial charge in [-0.2, -0.15) is 0 Å². The molecule has 14 rings (SSSR count). The first-order chi connectivity index (χ1) is 30.2. The van der Waals surface area contributed by atoms with E-state index in [9.17, 15) is 0 Å². The molecule has 0 aliphatic rings. The molecular weight excluding hydrogens is 737 g/mol. The minimum Gasteiger partial charge on any atom is -0.456 e. The van der Waals surface area contributed by atoms with Crippen molar-refractivity contribution in [1.82, 2.24) is 0 Å². The Labute approximate surface area is 351 Å². The first kappa shape index (κ1) is 32.9. The van der Waals surface area contributed by atoms with Crippen LogP contribution in [0.5, 0.6) is 0 Å². The third kappa shape index (κ3) is 4.66. The maximum atomic E-state index is 6.36. The summed E-state index contributed by atoms with van der Waals surface area (Å²) in [4.78, 5) is 0. The van der Waals surface area contributed by atoms with E-state index in [1.807, 2.05) is 6.07 Å². The Kier molecular flexibility index (Phi) is 6.62. The van der Waals surface area contributed by atoms with Crippen LogP contribution in [0, 0.1) is 0 Å². The van der Waals surface area contributed by atoms with Gasteiger partial charge in [-0.25, -0.2) is 0 Å². The second-order valence-corrected chi connectivity index (χ2v) is 16.7. The number of rotatable bonds is 4. The maximum absolute atomic E-state index is 6.36. The lowest BCUT2D eigenvalue weighted by atomic mass is 9.83. The fourth-order valence-corrected chi connectivity index (χ4v) is 10.8. The quantitative estimate of drug-likeness (QED) is 0.162. The van der Waals surface area contributed by atoms with Crippen molar-refractivity contribution in [2.24, 2.45) is 0 Å². The molecular formula is C60H34O. The molecule has 0 radical (unpaired) electrons. The van der Waals surface area contributed by atoms with Crippen LogP contribution >= 0.6 is 0 Å². The second kappa shape index (κ2) is 12.3. The highest BCUT2D eigenvalue weighted by molar-refractivity contribution is 6.28.